The van der Waals surface area contributed by atoms with Crippen molar-refractivity contribution in [2.75, 3.05) is 7.05 Å². The monoisotopic (exact) mass is 362 g/mol. The minimum Gasteiger partial charge on any atom is -0.316 e. The number of benzene rings is 4. The molecule has 4 aromatic carbocycles. The second-order valence-electron chi connectivity index (χ2n) is 7.10. The summed E-state index contributed by atoms with van der Waals surface area (Å²) < 4.78 is 2.36. The molecule has 0 aliphatic carbocycles. The molecule has 0 radical (unpaired) electrons. The minimum atomic E-state index is 0.866. The zero-order valence-electron chi connectivity index (χ0n) is 15.9. The predicted octanol–water partition coefficient (Wildman–Crippen LogP) is 6.17. The Balaban J connectivity index is 1.66. The van der Waals surface area contributed by atoms with Crippen LogP contribution in [0.15, 0.2) is 97.1 Å². The highest BCUT2D eigenvalue weighted by Crippen LogP contribution is 2.32. The summed E-state index contributed by atoms with van der Waals surface area (Å²) in [5, 5.41) is 5.85. The Bertz CT molecular complexity index is 1210. The van der Waals surface area contributed by atoms with Crippen molar-refractivity contribution in [3.05, 3.63) is 103 Å². The van der Waals surface area contributed by atoms with Gasteiger partial charge in [0.2, 0.25) is 0 Å². The molecule has 5 rings (SSSR count). The molecular formula is C26H22N2. The number of hydrogen-bond acceptors (Lipinski definition) is 1. The molecule has 136 valence electrons. The summed E-state index contributed by atoms with van der Waals surface area (Å²) in [5.41, 5.74) is 7.52. The van der Waals surface area contributed by atoms with Crippen molar-refractivity contribution >= 4 is 21.8 Å². The third-order valence-electron chi connectivity index (χ3n) is 5.40. The SMILES string of the molecule is CNCc1ccccc1-c1ccc(-n2c3ccccc3c3ccccc32)cc1. The zero-order valence-corrected chi connectivity index (χ0v) is 15.9. The van der Waals surface area contributed by atoms with Gasteiger partial charge in [-0.15, -0.1) is 0 Å². The summed E-state index contributed by atoms with van der Waals surface area (Å²) in [6, 6.07) is 34.8. The largest absolute Gasteiger partial charge is 0.316 e. The lowest BCUT2D eigenvalue weighted by Crippen LogP contribution is -2.06. The first-order valence-electron chi connectivity index (χ1n) is 9.68. The van der Waals surface area contributed by atoms with Gasteiger partial charge in [-0.1, -0.05) is 72.8 Å². The molecule has 0 saturated heterocycles. The first-order valence-corrected chi connectivity index (χ1v) is 9.68. The van der Waals surface area contributed by atoms with Crippen LogP contribution < -0.4 is 5.32 Å². The molecule has 1 N–H and O–H groups in total. The van der Waals surface area contributed by atoms with Gasteiger partial charge in [0.25, 0.3) is 0 Å². The maximum Gasteiger partial charge on any atom is 0.0541 e. The Hall–Kier alpha value is -3.36. The number of para-hydroxylation sites is 2. The average molecular weight is 362 g/mol. The van der Waals surface area contributed by atoms with Crippen LogP contribution in [0.25, 0.3) is 38.6 Å². The van der Waals surface area contributed by atoms with Crippen LogP contribution in [-0.4, -0.2) is 11.6 Å². The molecule has 0 atom stereocenters. The van der Waals surface area contributed by atoms with Crippen LogP contribution in [0.5, 0.6) is 0 Å². The van der Waals surface area contributed by atoms with E-state index in [4.69, 9.17) is 0 Å². The minimum absolute atomic E-state index is 0.866. The van der Waals surface area contributed by atoms with Crippen LogP contribution >= 0.6 is 0 Å². The van der Waals surface area contributed by atoms with Crippen LogP contribution in [-0.2, 0) is 6.54 Å². The van der Waals surface area contributed by atoms with Gasteiger partial charge in [-0.2, -0.15) is 0 Å². The van der Waals surface area contributed by atoms with E-state index in [1.807, 2.05) is 7.05 Å². The van der Waals surface area contributed by atoms with Gasteiger partial charge in [-0.25, -0.2) is 0 Å². The standard InChI is InChI=1S/C26H22N2/c1-27-18-20-8-2-3-9-22(20)19-14-16-21(17-15-19)28-25-12-6-4-10-23(25)24-11-5-7-13-26(24)28/h2-17,27H,18H2,1H3. The molecule has 28 heavy (non-hydrogen) atoms. The van der Waals surface area contributed by atoms with Crippen LogP contribution in [0.4, 0.5) is 0 Å². The van der Waals surface area contributed by atoms with Crippen molar-refractivity contribution in [1.82, 2.24) is 9.88 Å². The normalized spacial score (nSPS) is 11.3. The second kappa shape index (κ2) is 6.99. The number of rotatable bonds is 4. The van der Waals surface area contributed by atoms with E-state index >= 15 is 0 Å². The Morgan fingerprint density at radius 2 is 1.21 bits per heavy atom. The number of fused-ring (bicyclic) bond motifs is 3. The van der Waals surface area contributed by atoms with E-state index in [0.29, 0.717) is 0 Å². The number of nitrogens with one attached hydrogen (secondary N) is 1. The number of aromatic nitrogens is 1. The van der Waals surface area contributed by atoms with Crippen LogP contribution in [0, 0.1) is 0 Å². The Kier molecular flexibility index (Phi) is 4.19. The van der Waals surface area contributed by atoms with Crippen molar-refractivity contribution in [2.24, 2.45) is 0 Å². The highest BCUT2D eigenvalue weighted by Gasteiger charge is 2.11. The quantitative estimate of drug-likeness (QED) is 0.404. The van der Waals surface area contributed by atoms with E-state index in [0.717, 1.165) is 6.54 Å². The molecule has 0 spiro atoms. The van der Waals surface area contributed by atoms with Gasteiger partial charge < -0.3 is 9.88 Å². The molecule has 0 unspecified atom stereocenters. The van der Waals surface area contributed by atoms with E-state index in [2.05, 4.69) is 107 Å². The summed E-state index contributed by atoms with van der Waals surface area (Å²) in [6.07, 6.45) is 0. The van der Waals surface area contributed by atoms with E-state index < -0.39 is 0 Å². The molecule has 0 fully saturated rings. The van der Waals surface area contributed by atoms with E-state index in [-0.39, 0.29) is 0 Å². The summed E-state index contributed by atoms with van der Waals surface area (Å²) in [6.45, 7) is 0.866. The second-order valence-corrected chi connectivity index (χ2v) is 7.10. The lowest BCUT2D eigenvalue weighted by atomic mass is 9.99. The highest BCUT2D eigenvalue weighted by molar-refractivity contribution is 6.09. The number of hydrogen-bond donors (Lipinski definition) is 1. The topological polar surface area (TPSA) is 17.0 Å². The smallest absolute Gasteiger partial charge is 0.0541 e. The average Bonchev–Trinajstić information content (AvgIpc) is 3.09. The van der Waals surface area contributed by atoms with Gasteiger partial charge >= 0.3 is 0 Å². The maximum absolute atomic E-state index is 3.26. The van der Waals surface area contributed by atoms with Crippen molar-refractivity contribution in [2.45, 2.75) is 6.54 Å². The van der Waals surface area contributed by atoms with Gasteiger partial charge in [0, 0.05) is 23.0 Å². The third-order valence-corrected chi connectivity index (χ3v) is 5.40. The maximum atomic E-state index is 3.26. The van der Waals surface area contributed by atoms with Crippen molar-refractivity contribution < 1.29 is 0 Å². The zero-order chi connectivity index (χ0) is 18.9. The summed E-state index contributed by atoms with van der Waals surface area (Å²) in [7, 11) is 1.99. The molecule has 1 aromatic heterocycles. The fourth-order valence-electron chi connectivity index (χ4n) is 4.14. The number of nitrogens with zero attached hydrogens (tertiary/aromatic N) is 1. The first kappa shape index (κ1) is 16.8. The van der Waals surface area contributed by atoms with Crippen LogP contribution in [0.3, 0.4) is 0 Å². The van der Waals surface area contributed by atoms with Gasteiger partial charge in [-0.05, 0) is 48.0 Å². The van der Waals surface area contributed by atoms with E-state index in [1.54, 1.807) is 0 Å². The van der Waals surface area contributed by atoms with Crippen molar-refractivity contribution in [3.63, 3.8) is 0 Å². The molecule has 5 aromatic rings. The molecule has 0 aliphatic rings. The lowest BCUT2D eigenvalue weighted by molar-refractivity contribution is 0.819. The molecular weight excluding hydrogens is 340 g/mol. The Morgan fingerprint density at radius 1 is 0.643 bits per heavy atom. The van der Waals surface area contributed by atoms with Crippen LogP contribution in [0.1, 0.15) is 5.56 Å². The fraction of sp³-hybridized carbons (Fsp3) is 0.0769. The molecule has 1 heterocycles. The van der Waals surface area contributed by atoms with Crippen molar-refractivity contribution in [1.29, 1.82) is 0 Å². The Morgan fingerprint density at radius 3 is 1.86 bits per heavy atom. The summed E-state index contributed by atoms with van der Waals surface area (Å²) >= 11 is 0. The molecule has 0 aliphatic heterocycles. The first-order chi connectivity index (χ1) is 13.9. The molecule has 0 amide bonds. The molecule has 0 bridgehead atoms. The molecule has 2 nitrogen and oxygen atoms in total. The van der Waals surface area contributed by atoms with Gasteiger partial charge in [-0.3, -0.25) is 0 Å². The van der Waals surface area contributed by atoms with Crippen molar-refractivity contribution in [3.8, 4) is 16.8 Å². The van der Waals surface area contributed by atoms with Gasteiger partial charge in [0.05, 0.1) is 11.0 Å². The molecule has 0 saturated carbocycles. The van der Waals surface area contributed by atoms with E-state index in [1.165, 1.54) is 44.2 Å². The van der Waals surface area contributed by atoms with E-state index in [9.17, 15) is 0 Å². The Labute approximate surface area is 165 Å². The summed E-state index contributed by atoms with van der Waals surface area (Å²) in [4.78, 5) is 0. The third kappa shape index (κ3) is 2.70. The molecule has 2 heteroatoms. The summed E-state index contributed by atoms with van der Waals surface area (Å²) in [5.74, 6) is 0. The lowest BCUT2D eigenvalue weighted by Gasteiger charge is -2.12. The fourth-order valence-corrected chi connectivity index (χ4v) is 4.14. The van der Waals surface area contributed by atoms with Gasteiger partial charge in [0.1, 0.15) is 0 Å². The predicted molar refractivity (Wildman–Crippen MR) is 119 cm³/mol. The van der Waals surface area contributed by atoms with Gasteiger partial charge in [0.15, 0.2) is 0 Å². The van der Waals surface area contributed by atoms with Crippen LogP contribution in [0.2, 0.25) is 0 Å². The highest BCUT2D eigenvalue weighted by atomic mass is 15.0.